The zero-order valence-electron chi connectivity index (χ0n) is 23.5. The molecule has 4 aromatic rings. The van der Waals surface area contributed by atoms with E-state index in [0.29, 0.717) is 29.4 Å². The number of piperazine rings is 1. The van der Waals surface area contributed by atoms with Crippen LogP contribution in [0.5, 0.6) is 11.5 Å². The first-order valence-electron chi connectivity index (χ1n) is 13.8. The molecule has 0 aliphatic carbocycles. The van der Waals surface area contributed by atoms with Crippen molar-refractivity contribution in [2.75, 3.05) is 58.8 Å². The minimum Gasteiger partial charge on any atom is -0.493 e. The second kappa shape index (κ2) is 13.2. The Balaban J connectivity index is 1.23. The van der Waals surface area contributed by atoms with Gasteiger partial charge in [0.15, 0.2) is 11.5 Å². The first kappa shape index (κ1) is 28.0. The molecule has 2 heterocycles. The number of aromatic nitrogens is 2. The van der Waals surface area contributed by atoms with Gasteiger partial charge in [-0.1, -0.05) is 24.3 Å². The van der Waals surface area contributed by atoms with Crippen LogP contribution in [0.25, 0.3) is 22.2 Å². The van der Waals surface area contributed by atoms with Crippen molar-refractivity contribution in [3.8, 4) is 28.8 Å². The van der Waals surface area contributed by atoms with Crippen molar-refractivity contribution < 1.29 is 14.3 Å². The quantitative estimate of drug-likeness (QED) is 0.290. The third-order valence-corrected chi connectivity index (χ3v) is 7.28. The van der Waals surface area contributed by atoms with Crippen molar-refractivity contribution in [2.24, 2.45) is 0 Å². The number of likely N-dealkylation sites (N-methyl/N-ethyl adjacent to an activating group) is 1. The van der Waals surface area contributed by atoms with Crippen molar-refractivity contribution in [1.82, 2.24) is 19.8 Å². The fourth-order valence-electron chi connectivity index (χ4n) is 4.91. The topological polar surface area (TPSA) is 104 Å². The second-order valence-electron chi connectivity index (χ2n) is 10.2. The van der Waals surface area contributed by atoms with Crippen LogP contribution >= 0.6 is 0 Å². The Bertz CT molecular complexity index is 1520. The summed E-state index contributed by atoms with van der Waals surface area (Å²) in [6, 6.07) is 20.5. The van der Waals surface area contributed by atoms with Gasteiger partial charge in [0, 0.05) is 55.4 Å². The van der Waals surface area contributed by atoms with E-state index in [1.165, 1.54) is 0 Å². The smallest absolute Gasteiger partial charge is 0.228 e. The van der Waals surface area contributed by atoms with Crippen LogP contribution in [0.2, 0.25) is 0 Å². The van der Waals surface area contributed by atoms with Crippen molar-refractivity contribution in [2.45, 2.75) is 12.8 Å². The second-order valence-corrected chi connectivity index (χ2v) is 10.2. The number of nitrogens with one attached hydrogen (secondary N) is 1. The summed E-state index contributed by atoms with van der Waals surface area (Å²) in [6.45, 7) is 6.03. The van der Waals surface area contributed by atoms with Crippen molar-refractivity contribution >= 4 is 22.5 Å². The number of nitrogens with zero attached hydrogens (tertiary/aromatic N) is 5. The molecule has 9 nitrogen and oxygen atoms in total. The van der Waals surface area contributed by atoms with Crippen LogP contribution in [-0.4, -0.2) is 79.2 Å². The normalized spacial score (nSPS) is 14.0. The monoisotopic (exact) mass is 550 g/mol. The molecule has 1 aromatic heterocycles. The summed E-state index contributed by atoms with van der Waals surface area (Å²) >= 11 is 0. The summed E-state index contributed by atoms with van der Waals surface area (Å²) in [7, 11) is 3.80. The molecule has 0 spiro atoms. The number of anilines is 1. The summed E-state index contributed by atoms with van der Waals surface area (Å²) in [4.78, 5) is 26.4. The van der Waals surface area contributed by atoms with Gasteiger partial charge in [0.1, 0.15) is 6.33 Å². The summed E-state index contributed by atoms with van der Waals surface area (Å²) in [5.74, 6) is 1.18. The number of ether oxygens (including phenoxy) is 2. The van der Waals surface area contributed by atoms with E-state index in [9.17, 15) is 4.79 Å². The van der Waals surface area contributed by atoms with Crippen LogP contribution in [-0.2, 0) is 11.2 Å². The molecule has 1 saturated heterocycles. The third kappa shape index (κ3) is 7.17. The minimum absolute atomic E-state index is 0.129. The number of hydrogen-bond acceptors (Lipinski definition) is 8. The minimum atomic E-state index is -0.129. The Hall–Kier alpha value is -4.52. The molecule has 5 rings (SSSR count). The molecule has 1 fully saturated rings. The highest BCUT2D eigenvalue weighted by atomic mass is 16.5. The lowest BCUT2D eigenvalue weighted by Gasteiger charge is -2.32. The van der Waals surface area contributed by atoms with Gasteiger partial charge in [-0.2, -0.15) is 5.26 Å². The van der Waals surface area contributed by atoms with Gasteiger partial charge in [0.25, 0.3) is 0 Å². The third-order valence-electron chi connectivity index (χ3n) is 7.28. The Kier molecular flexibility index (Phi) is 9.04. The van der Waals surface area contributed by atoms with E-state index in [1.54, 1.807) is 37.7 Å². The van der Waals surface area contributed by atoms with Crippen molar-refractivity contribution in [1.29, 1.82) is 5.26 Å². The molecule has 1 aliphatic heterocycles. The lowest BCUT2D eigenvalue weighted by atomic mass is 10.1. The van der Waals surface area contributed by atoms with Crippen molar-refractivity contribution in [3.63, 3.8) is 0 Å². The van der Waals surface area contributed by atoms with Crippen LogP contribution in [0.3, 0.4) is 0 Å². The summed E-state index contributed by atoms with van der Waals surface area (Å²) < 4.78 is 11.8. The van der Waals surface area contributed by atoms with E-state index in [-0.39, 0.29) is 12.3 Å². The summed E-state index contributed by atoms with van der Waals surface area (Å²) in [5.41, 5.74) is 4.54. The van der Waals surface area contributed by atoms with Crippen molar-refractivity contribution in [3.05, 3.63) is 78.1 Å². The predicted octanol–water partition coefficient (Wildman–Crippen LogP) is 4.37. The lowest BCUT2D eigenvalue weighted by Crippen LogP contribution is -2.44. The molecule has 41 heavy (non-hydrogen) atoms. The highest BCUT2D eigenvalue weighted by Gasteiger charge is 2.15. The molecule has 1 aliphatic rings. The molecule has 9 heteroatoms. The Morgan fingerprint density at radius 1 is 1.00 bits per heavy atom. The molecule has 0 saturated carbocycles. The highest BCUT2D eigenvalue weighted by molar-refractivity contribution is 5.95. The average Bonchev–Trinajstić information content (AvgIpc) is 3.00. The van der Waals surface area contributed by atoms with Gasteiger partial charge in [0.05, 0.1) is 43.0 Å². The largest absolute Gasteiger partial charge is 0.493 e. The Labute approximate surface area is 240 Å². The fourth-order valence-corrected chi connectivity index (χ4v) is 4.91. The van der Waals surface area contributed by atoms with E-state index < -0.39 is 0 Å². The van der Waals surface area contributed by atoms with Gasteiger partial charge in [-0.05, 0) is 49.4 Å². The molecule has 0 unspecified atom stereocenters. The number of carbonyl (C=O) groups excluding carboxylic acids is 1. The Morgan fingerprint density at radius 3 is 2.46 bits per heavy atom. The van der Waals surface area contributed by atoms with Crippen LogP contribution in [0.4, 0.5) is 5.69 Å². The molecule has 1 N–H and O–H groups in total. The number of rotatable bonds is 10. The van der Waals surface area contributed by atoms with E-state index in [2.05, 4.69) is 38.2 Å². The zero-order valence-corrected chi connectivity index (χ0v) is 23.5. The summed E-state index contributed by atoms with van der Waals surface area (Å²) in [5, 5.41) is 12.7. The van der Waals surface area contributed by atoms with Gasteiger partial charge in [-0.3, -0.25) is 4.79 Å². The maximum atomic E-state index is 12.5. The standard InChI is InChI=1S/C32H34N6O3/c1-37-13-15-38(16-14-37)12-3-17-41-30-20-28-27(19-29(30)40-2)32(35-22-34-28)25-8-10-26(11-9-25)36-31(39)18-23-4-6-24(21-33)7-5-23/h4-11,19-20,22H,3,12-18H2,1-2H3,(H,36,39). The SMILES string of the molecule is COc1cc2c(-c3ccc(NC(=O)Cc4ccc(C#N)cc4)cc3)ncnc2cc1OCCCN1CCN(C)CC1. The first-order valence-corrected chi connectivity index (χ1v) is 13.8. The highest BCUT2D eigenvalue weighted by Crippen LogP contribution is 2.35. The summed E-state index contributed by atoms with van der Waals surface area (Å²) in [6.07, 6.45) is 2.72. The number of amides is 1. The number of benzene rings is 3. The number of methoxy groups -OCH3 is 1. The first-order chi connectivity index (χ1) is 20.0. The molecule has 210 valence electrons. The van der Waals surface area contributed by atoms with Gasteiger partial charge in [0.2, 0.25) is 5.91 Å². The van der Waals surface area contributed by atoms with Crippen LogP contribution in [0.1, 0.15) is 17.5 Å². The van der Waals surface area contributed by atoms with Gasteiger partial charge >= 0.3 is 0 Å². The molecular weight excluding hydrogens is 516 g/mol. The number of hydrogen-bond donors (Lipinski definition) is 1. The number of fused-ring (bicyclic) bond motifs is 1. The number of nitriles is 1. The fraction of sp³-hybridized carbons (Fsp3) is 0.312. The molecule has 0 bridgehead atoms. The molecule has 0 atom stereocenters. The van der Waals surface area contributed by atoms with E-state index in [1.807, 2.05) is 36.4 Å². The average molecular weight is 551 g/mol. The predicted molar refractivity (Wildman–Crippen MR) is 159 cm³/mol. The van der Waals surface area contributed by atoms with Crippen LogP contribution < -0.4 is 14.8 Å². The zero-order chi connectivity index (χ0) is 28.6. The molecule has 3 aromatic carbocycles. The Morgan fingerprint density at radius 2 is 1.76 bits per heavy atom. The van der Waals surface area contributed by atoms with E-state index in [0.717, 1.165) is 66.9 Å². The molecule has 0 radical (unpaired) electrons. The maximum absolute atomic E-state index is 12.5. The van der Waals surface area contributed by atoms with Crippen LogP contribution in [0.15, 0.2) is 67.0 Å². The molecule has 1 amide bonds. The van der Waals surface area contributed by atoms with Crippen LogP contribution in [0, 0.1) is 11.3 Å². The number of carbonyl (C=O) groups is 1. The lowest BCUT2D eigenvalue weighted by molar-refractivity contribution is -0.115. The van der Waals surface area contributed by atoms with E-state index >= 15 is 0 Å². The van der Waals surface area contributed by atoms with E-state index in [4.69, 9.17) is 14.7 Å². The van der Waals surface area contributed by atoms with Gasteiger partial charge < -0.3 is 24.6 Å². The van der Waals surface area contributed by atoms with Gasteiger partial charge in [-0.25, -0.2) is 9.97 Å². The maximum Gasteiger partial charge on any atom is 0.228 e. The van der Waals surface area contributed by atoms with Gasteiger partial charge in [-0.15, -0.1) is 0 Å². The molecular formula is C32H34N6O3.